The third kappa shape index (κ3) is 1.33. The van der Waals surface area contributed by atoms with E-state index in [-0.39, 0.29) is 0 Å². The maximum Gasteiger partial charge on any atom is 0.226 e. The van der Waals surface area contributed by atoms with Crippen molar-refractivity contribution in [3.8, 4) is 0 Å². The van der Waals surface area contributed by atoms with Crippen molar-refractivity contribution in [2.45, 2.75) is 24.5 Å². The van der Waals surface area contributed by atoms with Gasteiger partial charge in [0.25, 0.3) is 0 Å². The number of para-hydroxylation sites is 2. The molecule has 2 aromatic rings. The molecule has 1 fully saturated rings. The van der Waals surface area contributed by atoms with E-state index in [4.69, 9.17) is 10.2 Å². The third-order valence-electron chi connectivity index (χ3n) is 2.92. The topological polar surface area (TPSA) is 72.3 Å². The van der Waals surface area contributed by atoms with Crippen LogP contribution < -0.4 is 5.73 Å². The molecule has 0 aliphatic heterocycles. The fourth-order valence-electron chi connectivity index (χ4n) is 1.67. The first kappa shape index (κ1) is 8.88. The predicted octanol–water partition coefficient (Wildman–Crippen LogP) is 1.35. The summed E-state index contributed by atoms with van der Waals surface area (Å²) >= 11 is 0. The number of aliphatic hydroxyl groups excluding tert-OH is 1. The van der Waals surface area contributed by atoms with Crippen molar-refractivity contribution < 1.29 is 9.52 Å². The number of aromatic nitrogens is 1. The first-order valence-electron chi connectivity index (χ1n) is 5.01. The minimum absolute atomic E-state index is 0.330. The molecule has 1 aromatic carbocycles. The van der Waals surface area contributed by atoms with Gasteiger partial charge < -0.3 is 15.3 Å². The van der Waals surface area contributed by atoms with Crippen molar-refractivity contribution in [2.75, 3.05) is 0 Å². The van der Waals surface area contributed by atoms with Gasteiger partial charge in [-0.2, -0.15) is 0 Å². The number of benzene rings is 1. The van der Waals surface area contributed by atoms with Gasteiger partial charge in [-0.05, 0) is 25.0 Å². The van der Waals surface area contributed by atoms with Crippen LogP contribution in [0, 0.1) is 0 Å². The smallest absolute Gasteiger partial charge is 0.226 e. The Morgan fingerprint density at radius 3 is 2.80 bits per heavy atom. The summed E-state index contributed by atoms with van der Waals surface area (Å²) in [6.45, 7) is 0. The number of nitrogens with two attached hydrogens (primary N) is 1. The molecule has 1 aliphatic carbocycles. The molecule has 3 N–H and O–H groups in total. The average Bonchev–Trinajstić information content (AvgIpc) is 2.85. The Labute approximate surface area is 86.7 Å². The highest BCUT2D eigenvalue weighted by molar-refractivity contribution is 5.72. The molecule has 1 heterocycles. The molecular weight excluding hydrogens is 192 g/mol. The number of oxazole rings is 1. The van der Waals surface area contributed by atoms with Crippen molar-refractivity contribution >= 4 is 11.1 Å². The van der Waals surface area contributed by atoms with Crippen molar-refractivity contribution in [3.63, 3.8) is 0 Å². The van der Waals surface area contributed by atoms with E-state index in [2.05, 4.69) is 4.98 Å². The molecule has 0 spiro atoms. The zero-order chi connectivity index (χ0) is 10.5. The van der Waals surface area contributed by atoms with Crippen molar-refractivity contribution in [1.82, 2.24) is 4.98 Å². The summed E-state index contributed by atoms with van der Waals surface area (Å²) in [5.41, 5.74) is 6.83. The Morgan fingerprint density at radius 2 is 2.13 bits per heavy atom. The molecule has 0 saturated heterocycles. The van der Waals surface area contributed by atoms with E-state index in [1.165, 1.54) is 0 Å². The van der Waals surface area contributed by atoms with E-state index >= 15 is 0 Å². The Kier molecular flexibility index (Phi) is 1.66. The molecule has 1 atom stereocenters. The molecule has 0 amide bonds. The number of aliphatic hydroxyl groups is 1. The Bertz CT molecular complexity index is 469. The van der Waals surface area contributed by atoms with Crippen LogP contribution in [0.2, 0.25) is 0 Å². The van der Waals surface area contributed by atoms with Gasteiger partial charge in [-0.1, -0.05) is 12.1 Å². The number of rotatable bonds is 2. The zero-order valence-corrected chi connectivity index (χ0v) is 8.18. The molecule has 0 radical (unpaired) electrons. The largest absolute Gasteiger partial charge is 0.438 e. The lowest BCUT2D eigenvalue weighted by molar-refractivity contribution is 0.107. The monoisotopic (exact) mass is 204 g/mol. The lowest BCUT2D eigenvalue weighted by atomic mass is 10.1. The van der Waals surface area contributed by atoms with Crippen LogP contribution in [0.25, 0.3) is 11.1 Å². The molecule has 1 aromatic heterocycles. The van der Waals surface area contributed by atoms with Crippen LogP contribution in [0.4, 0.5) is 0 Å². The molecule has 1 unspecified atom stereocenters. The zero-order valence-electron chi connectivity index (χ0n) is 8.18. The predicted molar refractivity (Wildman–Crippen MR) is 55.1 cm³/mol. The van der Waals surface area contributed by atoms with E-state index in [0.717, 1.165) is 18.4 Å². The van der Waals surface area contributed by atoms with E-state index in [1.54, 1.807) is 0 Å². The van der Waals surface area contributed by atoms with E-state index < -0.39 is 11.6 Å². The van der Waals surface area contributed by atoms with Crippen molar-refractivity contribution in [2.24, 2.45) is 5.73 Å². The maximum atomic E-state index is 9.94. The summed E-state index contributed by atoms with van der Waals surface area (Å²) in [7, 11) is 0. The highest BCUT2D eigenvalue weighted by Crippen LogP contribution is 2.43. The van der Waals surface area contributed by atoms with Gasteiger partial charge in [0.2, 0.25) is 5.89 Å². The summed E-state index contributed by atoms with van der Waals surface area (Å²) in [5.74, 6) is 0.330. The molecule has 78 valence electrons. The normalized spacial score (nSPS) is 20.4. The first-order chi connectivity index (χ1) is 7.19. The van der Waals surface area contributed by atoms with Gasteiger partial charge in [0.15, 0.2) is 5.58 Å². The van der Waals surface area contributed by atoms with Crippen LogP contribution in [0.15, 0.2) is 28.7 Å². The number of hydrogen-bond acceptors (Lipinski definition) is 4. The highest BCUT2D eigenvalue weighted by Gasteiger charge is 2.48. The van der Waals surface area contributed by atoms with E-state index in [9.17, 15) is 5.11 Å². The summed E-state index contributed by atoms with van der Waals surface area (Å²) in [6, 6.07) is 7.44. The van der Waals surface area contributed by atoms with Gasteiger partial charge in [-0.25, -0.2) is 4.98 Å². The van der Waals surface area contributed by atoms with E-state index in [0.29, 0.717) is 11.5 Å². The minimum Gasteiger partial charge on any atom is -0.438 e. The van der Waals surface area contributed by atoms with Crippen molar-refractivity contribution in [1.29, 1.82) is 0 Å². The number of fused-ring (bicyclic) bond motifs is 1. The standard InChI is InChI=1S/C11H12N2O2/c12-11(5-6-11)9(14)10-13-7-3-1-2-4-8(7)15-10/h1-4,9,14H,5-6,12H2. The molecule has 3 rings (SSSR count). The first-order valence-corrected chi connectivity index (χ1v) is 5.01. The fourth-order valence-corrected chi connectivity index (χ4v) is 1.67. The van der Waals surface area contributed by atoms with Gasteiger partial charge in [0.1, 0.15) is 11.6 Å². The minimum atomic E-state index is -0.787. The van der Waals surface area contributed by atoms with Crippen molar-refractivity contribution in [3.05, 3.63) is 30.2 Å². The van der Waals surface area contributed by atoms with Crippen LogP contribution in [-0.2, 0) is 0 Å². The second kappa shape index (κ2) is 2.81. The molecule has 0 bridgehead atoms. The lowest BCUT2D eigenvalue weighted by Gasteiger charge is -2.12. The van der Waals surface area contributed by atoms with Gasteiger partial charge in [0.05, 0.1) is 5.54 Å². The van der Waals surface area contributed by atoms with Crippen LogP contribution in [0.1, 0.15) is 24.8 Å². The summed E-state index contributed by atoms with van der Waals surface area (Å²) < 4.78 is 5.46. The Hall–Kier alpha value is -1.39. The summed E-state index contributed by atoms with van der Waals surface area (Å²) in [6.07, 6.45) is 0.865. The highest BCUT2D eigenvalue weighted by atomic mass is 16.4. The molecule has 4 nitrogen and oxygen atoms in total. The molecule has 4 heteroatoms. The van der Waals surface area contributed by atoms with Gasteiger partial charge >= 0.3 is 0 Å². The van der Waals surface area contributed by atoms with Crippen LogP contribution in [-0.4, -0.2) is 15.6 Å². The fraction of sp³-hybridized carbons (Fsp3) is 0.364. The Morgan fingerprint density at radius 1 is 1.40 bits per heavy atom. The molecule has 1 aliphatic rings. The quantitative estimate of drug-likeness (QED) is 0.774. The number of nitrogens with zero attached hydrogens (tertiary/aromatic N) is 1. The number of hydrogen-bond donors (Lipinski definition) is 2. The van der Waals surface area contributed by atoms with Gasteiger partial charge in [-0.3, -0.25) is 0 Å². The molecule has 1 saturated carbocycles. The average molecular weight is 204 g/mol. The second-order valence-corrected chi connectivity index (χ2v) is 4.16. The van der Waals surface area contributed by atoms with Gasteiger partial charge in [-0.15, -0.1) is 0 Å². The Balaban J connectivity index is 2.04. The SMILES string of the molecule is NC1(C(O)c2nc3ccccc3o2)CC1. The van der Waals surface area contributed by atoms with Crippen LogP contribution in [0.3, 0.4) is 0 Å². The third-order valence-corrected chi connectivity index (χ3v) is 2.92. The van der Waals surface area contributed by atoms with Crippen LogP contribution in [0.5, 0.6) is 0 Å². The molecular formula is C11H12N2O2. The summed E-state index contributed by atoms with van der Waals surface area (Å²) in [4.78, 5) is 4.22. The maximum absolute atomic E-state index is 9.94. The molecule has 15 heavy (non-hydrogen) atoms. The van der Waals surface area contributed by atoms with E-state index in [1.807, 2.05) is 24.3 Å². The van der Waals surface area contributed by atoms with Crippen LogP contribution >= 0.6 is 0 Å². The second-order valence-electron chi connectivity index (χ2n) is 4.16. The summed E-state index contributed by atoms with van der Waals surface area (Å²) in [5, 5.41) is 9.94. The van der Waals surface area contributed by atoms with Gasteiger partial charge in [0, 0.05) is 0 Å². The lowest BCUT2D eigenvalue weighted by Crippen LogP contribution is -2.30.